The fraction of sp³-hybridized carbons (Fsp3) is 0.455. The zero-order valence-corrected chi connectivity index (χ0v) is 10.6. The Morgan fingerprint density at radius 2 is 2.29 bits per heavy atom. The van der Waals surface area contributed by atoms with Crippen LogP contribution in [0.3, 0.4) is 0 Å². The lowest BCUT2D eigenvalue weighted by Gasteiger charge is -2.17. The summed E-state index contributed by atoms with van der Waals surface area (Å²) in [6, 6.07) is 1.94. The second kappa shape index (κ2) is 6.36. The summed E-state index contributed by atoms with van der Waals surface area (Å²) in [4.78, 5) is 23.6. The number of ether oxygens (including phenoxy) is 1. The minimum atomic E-state index is -1.07. The van der Waals surface area contributed by atoms with Crippen molar-refractivity contribution in [2.75, 3.05) is 13.7 Å². The van der Waals surface area contributed by atoms with Gasteiger partial charge in [-0.1, -0.05) is 0 Å². The number of aliphatic carboxylic acids is 1. The molecule has 0 radical (unpaired) electrons. The highest BCUT2D eigenvalue weighted by Gasteiger charge is 2.15. The third-order valence-electron chi connectivity index (χ3n) is 2.23. The highest BCUT2D eigenvalue weighted by atomic mass is 32.1. The molecule has 1 heterocycles. The van der Waals surface area contributed by atoms with E-state index in [1.165, 1.54) is 11.8 Å². The van der Waals surface area contributed by atoms with E-state index >= 15 is 0 Å². The molecule has 1 atom stereocenters. The van der Waals surface area contributed by atoms with Crippen molar-refractivity contribution >= 4 is 23.2 Å². The van der Waals surface area contributed by atoms with Crippen LogP contribution in [0.1, 0.15) is 12.5 Å². The van der Waals surface area contributed by atoms with E-state index in [0.717, 1.165) is 5.56 Å². The smallest absolute Gasteiger partial charge is 0.332 e. The first-order valence-electron chi connectivity index (χ1n) is 5.10. The molecular weight excluding hydrogens is 242 g/mol. The number of hydrogen-bond acceptors (Lipinski definition) is 4. The minimum Gasteiger partial charge on any atom is -0.479 e. The maximum Gasteiger partial charge on any atom is 0.332 e. The number of hydrogen-bond donors (Lipinski definition) is 1. The predicted molar refractivity (Wildman–Crippen MR) is 63.8 cm³/mol. The van der Waals surface area contributed by atoms with E-state index in [1.807, 2.05) is 16.8 Å². The summed E-state index contributed by atoms with van der Waals surface area (Å²) in [5, 5.41) is 12.5. The molecule has 94 valence electrons. The third kappa shape index (κ3) is 4.54. The molecule has 1 aromatic rings. The van der Waals surface area contributed by atoms with Crippen LogP contribution >= 0.6 is 11.3 Å². The quantitative estimate of drug-likeness (QED) is 0.831. The van der Waals surface area contributed by atoms with Crippen molar-refractivity contribution in [1.29, 1.82) is 0 Å². The number of rotatable bonds is 6. The summed E-state index contributed by atoms with van der Waals surface area (Å²) in [6.45, 7) is 1.69. The molecule has 1 amide bonds. The van der Waals surface area contributed by atoms with E-state index in [2.05, 4.69) is 0 Å². The standard InChI is InChI=1S/C11H15NO4S/c1-8(11(14)15)16-6-10(13)12(2)5-9-3-4-17-7-9/h3-4,7-8H,5-6H2,1-2H3,(H,14,15)/t8-/m0/s1. The van der Waals surface area contributed by atoms with Gasteiger partial charge in [-0.2, -0.15) is 11.3 Å². The van der Waals surface area contributed by atoms with Crippen LogP contribution < -0.4 is 0 Å². The van der Waals surface area contributed by atoms with Crippen molar-refractivity contribution in [3.63, 3.8) is 0 Å². The number of thiophene rings is 1. The number of amides is 1. The molecule has 1 N–H and O–H groups in total. The summed E-state index contributed by atoms with van der Waals surface area (Å²) in [6.07, 6.45) is -0.964. The first-order chi connectivity index (χ1) is 8.00. The molecule has 17 heavy (non-hydrogen) atoms. The van der Waals surface area contributed by atoms with Gasteiger partial charge in [0.25, 0.3) is 0 Å². The van der Waals surface area contributed by atoms with Crippen molar-refractivity contribution in [2.24, 2.45) is 0 Å². The van der Waals surface area contributed by atoms with E-state index in [-0.39, 0.29) is 12.5 Å². The number of carboxylic acid groups (broad SMARTS) is 1. The Morgan fingerprint density at radius 1 is 1.59 bits per heavy atom. The SMILES string of the molecule is C[C@H](OCC(=O)N(C)Cc1ccsc1)C(=O)O. The average molecular weight is 257 g/mol. The summed E-state index contributed by atoms with van der Waals surface area (Å²) < 4.78 is 4.92. The molecule has 5 nitrogen and oxygen atoms in total. The van der Waals surface area contributed by atoms with Crippen molar-refractivity contribution in [2.45, 2.75) is 19.6 Å². The lowest BCUT2D eigenvalue weighted by Crippen LogP contribution is -2.32. The number of carboxylic acids is 1. The average Bonchev–Trinajstić information content (AvgIpc) is 2.77. The number of carbonyl (C=O) groups is 2. The van der Waals surface area contributed by atoms with Gasteiger partial charge in [-0.25, -0.2) is 4.79 Å². The molecule has 0 fully saturated rings. The van der Waals surface area contributed by atoms with Gasteiger partial charge in [0, 0.05) is 13.6 Å². The van der Waals surface area contributed by atoms with Crippen molar-refractivity contribution < 1.29 is 19.4 Å². The molecule has 0 aromatic carbocycles. The predicted octanol–water partition coefficient (Wildman–Crippen LogP) is 1.20. The van der Waals surface area contributed by atoms with Gasteiger partial charge in [-0.3, -0.25) is 4.79 Å². The molecule has 0 spiro atoms. The van der Waals surface area contributed by atoms with Gasteiger partial charge in [0.1, 0.15) is 6.61 Å². The zero-order chi connectivity index (χ0) is 12.8. The first kappa shape index (κ1) is 13.7. The van der Waals surface area contributed by atoms with Gasteiger partial charge in [-0.15, -0.1) is 0 Å². The van der Waals surface area contributed by atoms with E-state index in [4.69, 9.17) is 9.84 Å². The molecular formula is C11H15NO4S. The van der Waals surface area contributed by atoms with Gasteiger partial charge in [0.05, 0.1) is 0 Å². The molecule has 0 aliphatic rings. The van der Waals surface area contributed by atoms with Gasteiger partial charge in [0.2, 0.25) is 5.91 Å². The normalized spacial score (nSPS) is 12.1. The van der Waals surface area contributed by atoms with Crippen molar-refractivity contribution in [3.05, 3.63) is 22.4 Å². The molecule has 0 saturated carbocycles. The fourth-order valence-corrected chi connectivity index (χ4v) is 1.78. The van der Waals surface area contributed by atoms with E-state index in [1.54, 1.807) is 18.4 Å². The van der Waals surface area contributed by atoms with Gasteiger partial charge in [0.15, 0.2) is 6.10 Å². The molecule has 0 saturated heterocycles. The van der Waals surface area contributed by atoms with E-state index in [0.29, 0.717) is 6.54 Å². The molecule has 1 rings (SSSR count). The topological polar surface area (TPSA) is 66.8 Å². The molecule has 1 aromatic heterocycles. The summed E-state index contributed by atoms with van der Waals surface area (Å²) >= 11 is 1.57. The number of carbonyl (C=O) groups excluding carboxylic acids is 1. The summed E-state index contributed by atoms with van der Waals surface area (Å²) in [5.74, 6) is -1.30. The second-order valence-electron chi connectivity index (χ2n) is 3.67. The Morgan fingerprint density at radius 3 is 2.82 bits per heavy atom. The Balaban J connectivity index is 2.34. The van der Waals surface area contributed by atoms with Crippen LogP contribution in [0.25, 0.3) is 0 Å². The molecule has 0 aliphatic carbocycles. The Labute approximate surface area is 104 Å². The van der Waals surface area contributed by atoms with Gasteiger partial charge >= 0.3 is 5.97 Å². The van der Waals surface area contributed by atoms with Crippen molar-refractivity contribution in [3.8, 4) is 0 Å². The Kier molecular flexibility index (Phi) is 5.11. The summed E-state index contributed by atoms with van der Waals surface area (Å²) in [7, 11) is 1.66. The maximum atomic E-state index is 11.6. The lowest BCUT2D eigenvalue weighted by molar-refractivity contribution is -0.152. The highest BCUT2D eigenvalue weighted by Crippen LogP contribution is 2.08. The van der Waals surface area contributed by atoms with Crippen LogP contribution in [0.5, 0.6) is 0 Å². The van der Waals surface area contributed by atoms with Crippen LogP contribution in [0, 0.1) is 0 Å². The Bertz CT molecular complexity index is 377. The molecule has 0 unspecified atom stereocenters. The number of nitrogens with zero attached hydrogens (tertiary/aromatic N) is 1. The van der Waals surface area contributed by atoms with Crippen LogP contribution in [0.4, 0.5) is 0 Å². The molecule has 0 aliphatic heterocycles. The number of likely N-dealkylation sites (N-methyl/N-ethyl adjacent to an activating group) is 1. The van der Waals surface area contributed by atoms with E-state index < -0.39 is 12.1 Å². The zero-order valence-electron chi connectivity index (χ0n) is 9.75. The second-order valence-corrected chi connectivity index (χ2v) is 4.45. The van der Waals surface area contributed by atoms with Crippen molar-refractivity contribution in [1.82, 2.24) is 4.90 Å². The van der Waals surface area contributed by atoms with Crippen LogP contribution in [-0.2, 0) is 20.9 Å². The maximum absolute atomic E-state index is 11.6. The van der Waals surface area contributed by atoms with Gasteiger partial charge < -0.3 is 14.7 Å². The molecule has 0 bridgehead atoms. The fourth-order valence-electron chi connectivity index (χ4n) is 1.12. The van der Waals surface area contributed by atoms with E-state index in [9.17, 15) is 9.59 Å². The minimum absolute atomic E-state index is 0.214. The highest BCUT2D eigenvalue weighted by molar-refractivity contribution is 7.07. The lowest BCUT2D eigenvalue weighted by atomic mass is 10.3. The van der Waals surface area contributed by atoms with Gasteiger partial charge in [-0.05, 0) is 29.3 Å². The first-order valence-corrected chi connectivity index (χ1v) is 6.04. The third-order valence-corrected chi connectivity index (χ3v) is 2.96. The van der Waals surface area contributed by atoms with Crippen LogP contribution in [0.2, 0.25) is 0 Å². The van der Waals surface area contributed by atoms with Crippen LogP contribution in [-0.4, -0.2) is 41.6 Å². The van der Waals surface area contributed by atoms with Crippen LogP contribution in [0.15, 0.2) is 16.8 Å². The molecule has 6 heteroatoms. The summed E-state index contributed by atoms with van der Waals surface area (Å²) in [5.41, 5.74) is 1.05. The monoisotopic (exact) mass is 257 g/mol. The largest absolute Gasteiger partial charge is 0.479 e. The Hall–Kier alpha value is -1.40.